The van der Waals surface area contributed by atoms with E-state index in [1.165, 1.54) is 0 Å². The lowest BCUT2D eigenvalue weighted by Gasteiger charge is -2.21. The fraction of sp³-hybridized carbons (Fsp3) is 0.273. The predicted octanol–water partition coefficient (Wildman–Crippen LogP) is 5.00. The number of ether oxygens (including phenoxy) is 1. The van der Waals surface area contributed by atoms with Crippen molar-refractivity contribution in [3.05, 3.63) is 60.2 Å². The van der Waals surface area contributed by atoms with Gasteiger partial charge in [0.2, 0.25) is 5.55 Å². The van der Waals surface area contributed by atoms with Gasteiger partial charge in [-0.3, -0.25) is 0 Å². The van der Waals surface area contributed by atoms with Gasteiger partial charge in [-0.05, 0) is 44.5 Å². The van der Waals surface area contributed by atoms with Gasteiger partial charge in [-0.2, -0.15) is 0 Å². The standard InChI is InChI=1S/C22H24N2O3/c1-4-24(5-2)18-13-12-17-14-19(16-10-8-7-9-11-16)21(27-20(17)15-18)23-22(25)26-6-3/h7-15H,4-6H2,1-3H3. The van der Waals surface area contributed by atoms with E-state index >= 15 is 0 Å². The summed E-state index contributed by atoms with van der Waals surface area (Å²) in [6, 6.07) is 17.9. The fourth-order valence-electron chi connectivity index (χ4n) is 3.04. The summed E-state index contributed by atoms with van der Waals surface area (Å²) in [6.45, 7) is 8.06. The zero-order chi connectivity index (χ0) is 19.2. The van der Waals surface area contributed by atoms with E-state index in [9.17, 15) is 4.79 Å². The molecule has 1 amide bonds. The van der Waals surface area contributed by atoms with Gasteiger partial charge in [0.15, 0.2) is 0 Å². The third-order valence-electron chi connectivity index (χ3n) is 4.41. The molecule has 1 aromatic heterocycles. The van der Waals surface area contributed by atoms with Gasteiger partial charge in [-0.15, -0.1) is 4.99 Å². The molecule has 140 valence electrons. The highest BCUT2D eigenvalue weighted by molar-refractivity contribution is 5.84. The molecule has 27 heavy (non-hydrogen) atoms. The second-order valence-electron chi connectivity index (χ2n) is 6.04. The average molecular weight is 364 g/mol. The lowest BCUT2D eigenvalue weighted by molar-refractivity contribution is 0.161. The zero-order valence-corrected chi connectivity index (χ0v) is 15.9. The normalized spacial score (nSPS) is 11.6. The quantitative estimate of drug-likeness (QED) is 0.639. The number of anilines is 1. The molecule has 0 spiro atoms. The summed E-state index contributed by atoms with van der Waals surface area (Å²) in [6.07, 6.45) is -0.655. The van der Waals surface area contributed by atoms with Crippen molar-refractivity contribution in [1.29, 1.82) is 0 Å². The largest absolute Gasteiger partial charge is 0.448 e. The lowest BCUT2D eigenvalue weighted by atomic mass is 10.1. The summed E-state index contributed by atoms with van der Waals surface area (Å²) in [7, 11) is 0. The van der Waals surface area contributed by atoms with Gasteiger partial charge in [-0.1, -0.05) is 30.3 Å². The smallest absolute Gasteiger partial charge is 0.436 e. The second-order valence-corrected chi connectivity index (χ2v) is 6.04. The molecule has 0 saturated carbocycles. The molecule has 0 saturated heterocycles. The molecule has 3 aromatic rings. The molecule has 0 unspecified atom stereocenters. The zero-order valence-electron chi connectivity index (χ0n) is 15.9. The van der Waals surface area contributed by atoms with Gasteiger partial charge >= 0.3 is 6.09 Å². The summed E-state index contributed by atoms with van der Waals surface area (Å²) in [5.74, 6) is 0. The maximum Gasteiger partial charge on any atom is 0.436 e. The van der Waals surface area contributed by atoms with Gasteiger partial charge < -0.3 is 14.1 Å². The van der Waals surface area contributed by atoms with Crippen molar-refractivity contribution < 1.29 is 13.9 Å². The highest BCUT2D eigenvalue weighted by atomic mass is 16.5. The first-order chi connectivity index (χ1) is 13.2. The number of benzene rings is 2. The van der Waals surface area contributed by atoms with E-state index in [0.717, 1.165) is 35.3 Å². The minimum Gasteiger partial charge on any atom is -0.448 e. The van der Waals surface area contributed by atoms with Crippen molar-refractivity contribution >= 4 is 22.7 Å². The van der Waals surface area contributed by atoms with Crippen molar-refractivity contribution in [3.8, 4) is 11.1 Å². The van der Waals surface area contributed by atoms with E-state index in [1.807, 2.05) is 48.5 Å². The number of hydrogen-bond donors (Lipinski definition) is 0. The molecule has 5 heteroatoms. The molecule has 0 aliphatic carbocycles. The Morgan fingerprint density at radius 3 is 2.44 bits per heavy atom. The highest BCUT2D eigenvalue weighted by Crippen LogP contribution is 2.25. The Balaban J connectivity index is 2.21. The first kappa shape index (κ1) is 18.7. The Labute approximate surface area is 158 Å². The van der Waals surface area contributed by atoms with Crippen LogP contribution in [0.3, 0.4) is 0 Å². The van der Waals surface area contributed by atoms with E-state index in [4.69, 9.17) is 9.15 Å². The van der Waals surface area contributed by atoms with Crippen molar-refractivity contribution in [2.24, 2.45) is 4.99 Å². The number of amides is 1. The van der Waals surface area contributed by atoms with E-state index in [1.54, 1.807) is 6.92 Å². The van der Waals surface area contributed by atoms with Gasteiger partial charge in [0.25, 0.3) is 0 Å². The van der Waals surface area contributed by atoms with Crippen molar-refractivity contribution in [2.45, 2.75) is 20.8 Å². The third-order valence-corrected chi connectivity index (χ3v) is 4.41. The van der Waals surface area contributed by atoms with E-state index in [2.05, 4.69) is 29.8 Å². The molecule has 1 heterocycles. The Kier molecular flexibility index (Phi) is 5.91. The van der Waals surface area contributed by atoms with Crippen LogP contribution < -0.4 is 10.5 Å². The summed E-state index contributed by atoms with van der Waals surface area (Å²) in [5, 5.41) is 0.951. The molecule has 0 fully saturated rings. The van der Waals surface area contributed by atoms with Crippen LogP contribution in [0.2, 0.25) is 0 Å². The first-order valence-electron chi connectivity index (χ1n) is 9.26. The van der Waals surface area contributed by atoms with Crippen LogP contribution in [0, 0.1) is 0 Å². The Bertz CT molecular complexity index is 989. The third kappa shape index (κ3) is 4.19. The van der Waals surface area contributed by atoms with Crippen LogP contribution in [-0.2, 0) is 4.74 Å². The SMILES string of the molecule is CCOC(=O)N=c1oc2cc(N(CC)CC)ccc2cc1-c1ccccc1. The van der Waals surface area contributed by atoms with Crippen LogP contribution in [0.15, 0.2) is 64.0 Å². The fourth-order valence-corrected chi connectivity index (χ4v) is 3.04. The Hall–Kier alpha value is -3.08. The van der Waals surface area contributed by atoms with Crippen LogP contribution in [-0.4, -0.2) is 25.8 Å². The number of carbonyl (C=O) groups excluding carboxylic acids is 1. The summed E-state index contributed by atoms with van der Waals surface area (Å²) in [4.78, 5) is 18.2. The van der Waals surface area contributed by atoms with E-state index in [-0.39, 0.29) is 12.2 Å². The summed E-state index contributed by atoms with van der Waals surface area (Å²) in [5.41, 5.74) is 3.70. The van der Waals surface area contributed by atoms with Gasteiger partial charge in [0.05, 0.1) is 6.61 Å². The number of rotatable bonds is 5. The molecular formula is C22H24N2O3. The Morgan fingerprint density at radius 2 is 1.78 bits per heavy atom. The highest BCUT2D eigenvalue weighted by Gasteiger charge is 2.10. The lowest BCUT2D eigenvalue weighted by Crippen LogP contribution is -2.21. The second kappa shape index (κ2) is 8.54. The van der Waals surface area contributed by atoms with Gasteiger partial charge in [0, 0.05) is 35.8 Å². The first-order valence-corrected chi connectivity index (χ1v) is 9.26. The molecule has 5 nitrogen and oxygen atoms in total. The maximum absolute atomic E-state index is 11.9. The maximum atomic E-state index is 11.9. The molecule has 2 aromatic carbocycles. The van der Waals surface area contributed by atoms with E-state index < -0.39 is 6.09 Å². The van der Waals surface area contributed by atoms with Crippen LogP contribution in [0.1, 0.15) is 20.8 Å². The molecule has 0 atom stereocenters. The monoisotopic (exact) mass is 364 g/mol. The Morgan fingerprint density at radius 1 is 1.04 bits per heavy atom. The van der Waals surface area contributed by atoms with E-state index in [0.29, 0.717) is 5.58 Å². The summed E-state index contributed by atoms with van der Waals surface area (Å²) < 4.78 is 11.0. The predicted molar refractivity (Wildman–Crippen MR) is 108 cm³/mol. The molecule has 0 aliphatic heterocycles. The minimum absolute atomic E-state index is 0.254. The van der Waals surface area contributed by atoms with Crippen molar-refractivity contribution in [3.63, 3.8) is 0 Å². The number of nitrogens with zero attached hydrogens (tertiary/aromatic N) is 2. The molecule has 0 aliphatic rings. The molecule has 3 rings (SSSR count). The number of carbonyl (C=O) groups is 1. The minimum atomic E-state index is -0.655. The number of hydrogen-bond acceptors (Lipinski definition) is 4. The number of fused-ring (bicyclic) bond motifs is 1. The van der Waals surface area contributed by atoms with Crippen molar-refractivity contribution in [1.82, 2.24) is 0 Å². The average Bonchev–Trinajstić information content (AvgIpc) is 2.69. The van der Waals surface area contributed by atoms with Gasteiger partial charge in [0.1, 0.15) is 5.58 Å². The van der Waals surface area contributed by atoms with Crippen LogP contribution >= 0.6 is 0 Å². The molecule has 0 radical (unpaired) electrons. The molecular weight excluding hydrogens is 340 g/mol. The van der Waals surface area contributed by atoms with Crippen LogP contribution in [0.25, 0.3) is 22.1 Å². The molecule has 0 bridgehead atoms. The topological polar surface area (TPSA) is 55.0 Å². The van der Waals surface area contributed by atoms with Crippen LogP contribution in [0.4, 0.5) is 10.5 Å². The van der Waals surface area contributed by atoms with Crippen LogP contribution in [0.5, 0.6) is 0 Å². The van der Waals surface area contributed by atoms with Gasteiger partial charge in [-0.25, -0.2) is 4.79 Å². The molecule has 0 N–H and O–H groups in total. The van der Waals surface area contributed by atoms with Crippen molar-refractivity contribution in [2.75, 3.05) is 24.6 Å². The summed E-state index contributed by atoms with van der Waals surface area (Å²) >= 11 is 0.